The molecule has 12 heteroatoms. The lowest BCUT2D eigenvalue weighted by atomic mass is 9.93. The summed E-state index contributed by atoms with van der Waals surface area (Å²) in [7, 11) is 0. The quantitative estimate of drug-likeness (QED) is 0.203. The third-order valence-electron chi connectivity index (χ3n) is 8.37. The summed E-state index contributed by atoms with van der Waals surface area (Å²) in [6.07, 6.45) is -2.25. The molecule has 47 heavy (non-hydrogen) atoms. The van der Waals surface area contributed by atoms with Crippen LogP contribution in [0.5, 0.6) is 5.75 Å². The first-order valence-corrected chi connectivity index (χ1v) is 16.6. The number of carbonyl (C=O) groups is 1. The van der Waals surface area contributed by atoms with E-state index >= 15 is 0 Å². The summed E-state index contributed by atoms with van der Waals surface area (Å²) in [6, 6.07) is 19.2. The summed E-state index contributed by atoms with van der Waals surface area (Å²) in [4.78, 5) is 24.4. The number of aryl methyl sites for hydroxylation is 1. The number of urea groups is 1. The molecule has 248 valence electrons. The summed E-state index contributed by atoms with van der Waals surface area (Å²) >= 11 is 1.61. The summed E-state index contributed by atoms with van der Waals surface area (Å²) < 4.78 is 42.8. The van der Waals surface area contributed by atoms with Crippen LogP contribution in [0.15, 0.2) is 78.0 Å². The molecule has 3 unspecified atom stereocenters. The smallest absolute Gasteiger partial charge is 0.406 e. The predicted molar refractivity (Wildman–Crippen MR) is 182 cm³/mol. The van der Waals surface area contributed by atoms with Crippen LogP contribution in [-0.2, 0) is 0 Å². The summed E-state index contributed by atoms with van der Waals surface area (Å²) in [6.45, 7) is 12.7. The summed E-state index contributed by atoms with van der Waals surface area (Å²) in [5, 5.41) is 8.27. The number of benzene rings is 3. The Morgan fingerprint density at radius 3 is 2.40 bits per heavy atom. The average Bonchev–Trinajstić information content (AvgIpc) is 3.50. The van der Waals surface area contributed by atoms with Crippen molar-refractivity contribution >= 4 is 28.6 Å². The first-order valence-electron chi connectivity index (χ1n) is 15.6. The molecule has 0 saturated carbocycles. The molecule has 3 aromatic carbocycles. The van der Waals surface area contributed by atoms with Crippen molar-refractivity contribution in [3.05, 3.63) is 89.7 Å². The number of ether oxygens (including phenoxy) is 1. The van der Waals surface area contributed by atoms with E-state index in [2.05, 4.69) is 82.8 Å². The number of amides is 2. The number of carbonyl (C=O) groups excluding carboxylic acids is 1. The highest BCUT2D eigenvalue weighted by Crippen LogP contribution is 2.36. The number of aromatic nitrogens is 3. The Kier molecular flexibility index (Phi) is 10.3. The van der Waals surface area contributed by atoms with Crippen molar-refractivity contribution in [3.8, 4) is 22.8 Å². The highest BCUT2D eigenvalue weighted by molar-refractivity contribution is 8.14. The lowest BCUT2D eigenvalue weighted by Gasteiger charge is -2.37. The van der Waals surface area contributed by atoms with Gasteiger partial charge < -0.3 is 15.0 Å². The number of nitrogens with zero attached hydrogens (tertiary/aromatic N) is 5. The summed E-state index contributed by atoms with van der Waals surface area (Å²) in [5.74, 6) is 1.39. The van der Waals surface area contributed by atoms with Gasteiger partial charge in [0.25, 0.3) is 0 Å². The minimum absolute atomic E-state index is 0.00509. The van der Waals surface area contributed by atoms with Crippen molar-refractivity contribution in [1.82, 2.24) is 20.1 Å². The second-order valence-electron chi connectivity index (χ2n) is 12.1. The second-order valence-corrected chi connectivity index (χ2v) is 13.2. The Bertz CT molecular complexity index is 1720. The van der Waals surface area contributed by atoms with E-state index in [0.717, 1.165) is 34.2 Å². The monoisotopic (exact) mass is 664 g/mol. The number of amidine groups is 1. The van der Waals surface area contributed by atoms with E-state index in [1.54, 1.807) is 11.8 Å². The number of anilines is 1. The fourth-order valence-electron chi connectivity index (χ4n) is 5.74. The normalized spacial score (nSPS) is 17.5. The van der Waals surface area contributed by atoms with Gasteiger partial charge in [-0.2, -0.15) is 4.99 Å². The number of rotatable bonds is 8. The molecular weight excluding hydrogens is 625 g/mol. The van der Waals surface area contributed by atoms with Crippen molar-refractivity contribution in [2.24, 2.45) is 4.99 Å². The van der Waals surface area contributed by atoms with Gasteiger partial charge in [-0.15, -0.1) is 18.3 Å². The molecule has 1 fully saturated rings. The second kappa shape index (κ2) is 14.2. The van der Waals surface area contributed by atoms with E-state index in [-0.39, 0.29) is 29.8 Å². The maximum atomic E-state index is 13.3. The maximum Gasteiger partial charge on any atom is 0.573 e. The molecule has 0 bridgehead atoms. The van der Waals surface area contributed by atoms with Crippen molar-refractivity contribution in [3.63, 3.8) is 0 Å². The third-order valence-corrected chi connectivity index (χ3v) is 9.36. The van der Waals surface area contributed by atoms with Crippen LogP contribution in [-0.4, -0.2) is 50.2 Å². The number of hydrogen-bond donors (Lipinski definition) is 1. The highest BCUT2D eigenvalue weighted by atomic mass is 32.2. The van der Waals surface area contributed by atoms with E-state index in [1.807, 2.05) is 31.2 Å². The largest absolute Gasteiger partial charge is 0.573 e. The SMILES string of the molecule is Cc1cccc(N2C(=NC(=O)NC(C)C(C)c3ccc(-c4ncn(-c5ccc(OC(F)(F)F)cc5)n4)cc3)SCCC2C)c1C(C)C. The van der Waals surface area contributed by atoms with Gasteiger partial charge >= 0.3 is 12.4 Å². The Morgan fingerprint density at radius 2 is 1.74 bits per heavy atom. The molecule has 0 spiro atoms. The Balaban J connectivity index is 1.25. The Morgan fingerprint density at radius 1 is 1.04 bits per heavy atom. The zero-order valence-electron chi connectivity index (χ0n) is 27.2. The molecule has 1 aliphatic heterocycles. The molecule has 1 N–H and O–H groups in total. The van der Waals surface area contributed by atoms with Crippen molar-refractivity contribution < 1.29 is 22.7 Å². The molecule has 5 rings (SSSR count). The average molecular weight is 665 g/mol. The molecule has 3 atom stereocenters. The summed E-state index contributed by atoms with van der Waals surface area (Å²) in [5.41, 5.74) is 5.96. The molecule has 4 aromatic rings. The van der Waals surface area contributed by atoms with E-state index in [1.165, 1.54) is 46.4 Å². The number of alkyl halides is 3. The lowest BCUT2D eigenvalue weighted by molar-refractivity contribution is -0.274. The minimum atomic E-state index is -4.75. The fourth-order valence-corrected chi connectivity index (χ4v) is 6.95. The molecular formula is C35H39F3N6O2S. The van der Waals surface area contributed by atoms with Crippen LogP contribution in [0, 0.1) is 6.92 Å². The van der Waals surface area contributed by atoms with Gasteiger partial charge in [-0.1, -0.05) is 68.9 Å². The minimum Gasteiger partial charge on any atom is -0.406 e. The number of thioether (sulfide) groups is 1. The van der Waals surface area contributed by atoms with Crippen LogP contribution in [0.25, 0.3) is 17.1 Å². The third kappa shape index (κ3) is 8.16. The van der Waals surface area contributed by atoms with Crippen LogP contribution >= 0.6 is 11.8 Å². The molecule has 1 aromatic heterocycles. The molecule has 1 saturated heterocycles. The van der Waals surface area contributed by atoms with Gasteiger partial charge in [0.05, 0.1) is 5.69 Å². The van der Waals surface area contributed by atoms with Crippen LogP contribution in [0.4, 0.5) is 23.7 Å². The number of halogens is 3. The van der Waals surface area contributed by atoms with Crippen LogP contribution < -0.4 is 15.0 Å². The standard InChI is InChI=1S/C35H39F3N6O2S/c1-21(2)31-22(3)8-7-9-30(31)44-23(4)18-19-47-34(44)41-33(45)40-25(6)24(5)26-10-12-27(13-11-26)32-39-20-43(42-32)28-14-16-29(17-15-28)46-35(36,37)38/h7-17,20-21,23-25H,18-19H2,1-6H3,(H,40,45). The molecule has 1 aliphatic rings. The Hall–Kier alpha value is -4.32. The molecule has 0 radical (unpaired) electrons. The number of aliphatic imine (C=N–C) groups is 1. The predicted octanol–water partition coefficient (Wildman–Crippen LogP) is 8.85. The molecule has 0 aliphatic carbocycles. The molecule has 2 amide bonds. The lowest BCUT2D eigenvalue weighted by Crippen LogP contribution is -2.43. The van der Waals surface area contributed by atoms with Crippen molar-refractivity contribution in [2.75, 3.05) is 10.7 Å². The van der Waals surface area contributed by atoms with Gasteiger partial charge in [-0.3, -0.25) is 0 Å². The first kappa shape index (κ1) is 34.0. The number of hydrogen-bond acceptors (Lipinski definition) is 5. The van der Waals surface area contributed by atoms with Crippen molar-refractivity contribution in [2.45, 2.75) is 78.2 Å². The van der Waals surface area contributed by atoms with E-state index < -0.39 is 6.36 Å². The van der Waals surface area contributed by atoms with Gasteiger partial charge in [0, 0.05) is 35.0 Å². The van der Waals surface area contributed by atoms with Crippen LogP contribution in [0.2, 0.25) is 0 Å². The van der Waals surface area contributed by atoms with Crippen LogP contribution in [0.3, 0.4) is 0 Å². The Labute approximate surface area is 277 Å². The molecule has 8 nitrogen and oxygen atoms in total. The van der Waals surface area contributed by atoms with Gasteiger partial charge in [0.2, 0.25) is 0 Å². The molecule has 2 heterocycles. The fraction of sp³-hybridized carbons (Fsp3) is 0.371. The highest BCUT2D eigenvalue weighted by Gasteiger charge is 2.31. The van der Waals surface area contributed by atoms with E-state index in [9.17, 15) is 18.0 Å². The zero-order valence-corrected chi connectivity index (χ0v) is 28.1. The zero-order chi connectivity index (χ0) is 33.9. The van der Waals surface area contributed by atoms with Gasteiger partial charge in [0.15, 0.2) is 11.0 Å². The van der Waals surface area contributed by atoms with Crippen molar-refractivity contribution in [1.29, 1.82) is 0 Å². The van der Waals surface area contributed by atoms with E-state index in [0.29, 0.717) is 17.4 Å². The van der Waals surface area contributed by atoms with Gasteiger partial charge in [-0.05, 0) is 80.1 Å². The first-order chi connectivity index (χ1) is 22.3. The van der Waals surface area contributed by atoms with Gasteiger partial charge in [0.1, 0.15) is 12.1 Å². The van der Waals surface area contributed by atoms with Crippen LogP contribution in [0.1, 0.15) is 69.6 Å². The van der Waals surface area contributed by atoms with E-state index in [4.69, 9.17) is 0 Å². The topological polar surface area (TPSA) is 84.6 Å². The maximum absolute atomic E-state index is 13.3. The van der Waals surface area contributed by atoms with Gasteiger partial charge in [-0.25, -0.2) is 14.5 Å². The number of nitrogens with one attached hydrogen (secondary N) is 1.